The van der Waals surface area contributed by atoms with Crippen LogP contribution in [0.5, 0.6) is 0 Å². The van der Waals surface area contributed by atoms with Crippen LogP contribution in [0.1, 0.15) is 31.6 Å². The zero-order valence-electron chi connectivity index (χ0n) is 17.0. The van der Waals surface area contributed by atoms with E-state index in [-0.39, 0.29) is 12.2 Å². The van der Waals surface area contributed by atoms with Gasteiger partial charge in [-0.2, -0.15) is 15.0 Å². The lowest BCUT2D eigenvalue weighted by Crippen LogP contribution is -2.18. The highest BCUT2D eigenvalue weighted by Gasteiger charge is 2.18. The van der Waals surface area contributed by atoms with Gasteiger partial charge in [-0.3, -0.25) is 0 Å². The molecule has 0 radical (unpaired) electrons. The van der Waals surface area contributed by atoms with Crippen LogP contribution in [0.25, 0.3) is 33.1 Å². The third-order valence-electron chi connectivity index (χ3n) is 5.71. The SMILES string of the molecule is CC(c1ccc2nn(C(C)n3nnc4ccccc43)nc2c1)n1nnc2ccccc21. The molecule has 0 amide bonds. The fraction of sp³-hybridized carbons (Fsp3) is 0.182. The van der Waals surface area contributed by atoms with Crippen molar-refractivity contribution in [3.63, 3.8) is 0 Å². The molecular weight excluding hydrogens is 390 g/mol. The number of nitrogens with zero attached hydrogens (tertiary/aromatic N) is 9. The highest BCUT2D eigenvalue weighted by atomic mass is 15.6. The maximum atomic E-state index is 4.73. The molecule has 3 heterocycles. The molecule has 0 spiro atoms. The Kier molecular flexibility index (Phi) is 3.82. The number of hydrogen-bond donors (Lipinski definition) is 0. The summed E-state index contributed by atoms with van der Waals surface area (Å²) in [5.41, 5.74) is 6.43. The largest absolute Gasteiger partial charge is 0.237 e. The van der Waals surface area contributed by atoms with Crippen molar-refractivity contribution in [2.45, 2.75) is 26.1 Å². The number of rotatable bonds is 4. The van der Waals surface area contributed by atoms with Crippen LogP contribution in [-0.4, -0.2) is 45.0 Å². The molecule has 0 aliphatic rings. The molecule has 0 fully saturated rings. The Labute approximate surface area is 176 Å². The van der Waals surface area contributed by atoms with Gasteiger partial charge < -0.3 is 0 Å². The molecule has 0 N–H and O–H groups in total. The van der Waals surface area contributed by atoms with Crippen LogP contribution in [0.15, 0.2) is 66.7 Å². The minimum Gasteiger partial charge on any atom is -0.237 e. The molecular formula is C22H19N9. The zero-order chi connectivity index (χ0) is 20.9. The lowest BCUT2D eigenvalue weighted by molar-refractivity contribution is 0.357. The van der Waals surface area contributed by atoms with Crippen molar-refractivity contribution in [3.8, 4) is 0 Å². The number of para-hydroxylation sites is 2. The second-order valence-corrected chi connectivity index (χ2v) is 7.62. The molecule has 31 heavy (non-hydrogen) atoms. The average Bonchev–Trinajstić information content (AvgIpc) is 3.53. The van der Waals surface area contributed by atoms with E-state index in [1.807, 2.05) is 70.9 Å². The van der Waals surface area contributed by atoms with Gasteiger partial charge in [-0.1, -0.05) is 40.8 Å². The number of hydrogen-bond acceptors (Lipinski definition) is 6. The van der Waals surface area contributed by atoms with Crippen molar-refractivity contribution in [1.29, 1.82) is 0 Å². The summed E-state index contributed by atoms with van der Waals surface area (Å²) in [5.74, 6) is 0. The summed E-state index contributed by atoms with van der Waals surface area (Å²) in [7, 11) is 0. The standard InChI is InChI=1S/C22H19N9/c1-14(29-21-9-5-3-7-18(21)23-27-29)16-11-12-17-20(13-16)26-31(25-17)15(2)30-22-10-6-4-8-19(22)24-28-30/h3-15H,1-2H3. The first-order valence-electron chi connectivity index (χ1n) is 10.2. The molecule has 0 aliphatic carbocycles. The second-order valence-electron chi connectivity index (χ2n) is 7.62. The van der Waals surface area contributed by atoms with E-state index in [1.165, 1.54) is 0 Å². The normalized spacial score (nSPS) is 13.9. The molecule has 6 rings (SSSR count). The first kappa shape index (κ1) is 17.7. The molecule has 0 saturated carbocycles. The lowest BCUT2D eigenvalue weighted by atomic mass is 10.1. The van der Waals surface area contributed by atoms with E-state index in [1.54, 1.807) is 4.80 Å². The van der Waals surface area contributed by atoms with Gasteiger partial charge in [-0.15, -0.1) is 10.2 Å². The smallest absolute Gasteiger partial charge is 0.162 e. The molecule has 2 atom stereocenters. The summed E-state index contributed by atoms with van der Waals surface area (Å²) in [6.07, 6.45) is -0.208. The zero-order valence-corrected chi connectivity index (χ0v) is 17.0. The quantitative estimate of drug-likeness (QED) is 0.442. The topological polar surface area (TPSA) is 92.1 Å². The molecule has 152 valence electrons. The molecule has 9 heteroatoms. The second kappa shape index (κ2) is 6.69. The first-order valence-corrected chi connectivity index (χ1v) is 10.2. The molecule has 2 unspecified atom stereocenters. The van der Waals surface area contributed by atoms with Gasteiger partial charge in [0.2, 0.25) is 0 Å². The molecule has 3 aromatic heterocycles. The van der Waals surface area contributed by atoms with E-state index in [2.05, 4.69) is 44.8 Å². The van der Waals surface area contributed by atoms with Crippen molar-refractivity contribution in [1.82, 2.24) is 45.0 Å². The number of benzene rings is 3. The van der Waals surface area contributed by atoms with Crippen LogP contribution in [0, 0.1) is 0 Å². The maximum absolute atomic E-state index is 4.73. The van der Waals surface area contributed by atoms with Crippen LogP contribution in [-0.2, 0) is 0 Å². The molecule has 0 bridgehead atoms. The van der Waals surface area contributed by atoms with Crippen LogP contribution in [0.4, 0.5) is 0 Å². The highest BCUT2D eigenvalue weighted by molar-refractivity contribution is 5.76. The monoisotopic (exact) mass is 409 g/mol. The van der Waals surface area contributed by atoms with Crippen molar-refractivity contribution >= 4 is 33.1 Å². The molecule has 9 nitrogen and oxygen atoms in total. The molecule has 0 saturated heterocycles. The lowest BCUT2D eigenvalue weighted by Gasteiger charge is -2.12. The summed E-state index contributed by atoms with van der Waals surface area (Å²) < 4.78 is 3.77. The Morgan fingerprint density at radius 3 is 2.00 bits per heavy atom. The van der Waals surface area contributed by atoms with Crippen molar-refractivity contribution in [2.24, 2.45) is 0 Å². The van der Waals surface area contributed by atoms with E-state index < -0.39 is 0 Å². The Morgan fingerprint density at radius 2 is 1.26 bits per heavy atom. The van der Waals surface area contributed by atoms with Crippen LogP contribution < -0.4 is 0 Å². The van der Waals surface area contributed by atoms with E-state index in [0.717, 1.165) is 38.7 Å². The van der Waals surface area contributed by atoms with Crippen LogP contribution in [0.2, 0.25) is 0 Å². The highest BCUT2D eigenvalue weighted by Crippen LogP contribution is 2.25. The Bertz CT molecular complexity index is 1460. The summed E-state index contributed by atoms with van der Waals surface area (Å²) >= 11 is 0. The third-order valence-corrected chi connectivity index (χ3v) is 5.71. The van der Waals surface area contributed by atoms with E-state index >= 15 is 0 Å². The van der Waals surface area contributed by atoms with Crippen molar-refractivity contribution < 1.29 is 0 Å². The van der Waals surface area contributed by atoms with Crippen LogP contribution in [0.3, 0.4) is 0 Å². The average molecular weight is 409 g/mol. The Balaban J connectivity index is 1.37. The van der Waals surface area contributed by atoms with Crippen molar-refractivity contribution in [3.05, 3.63) is 72.3 Å². The van der Waals surface area contributed by atoms with Gasteiger partial charge in [-0.05, 0) is 55.8 Å². The number of aromatic nitrogens is 9. The summed E-state index contributed by atoms with van der Waals surface area (Å²) in [6, 6.07) is 22.0. The predicted molar refractivity (Wildman–Crippen MR) is 117 cm³/mol. The van der Waals surface area contributed by atoms with E-state index in [4.69, 9.17) is 5.10 Å². The Morgan fingerprint density at radius 1 is 0.645 bits per heavy atom. The predicted octanol–water partition coefficient (Wildman–Crippen LogP) is 3.60. The third kappa shape index (κ3) is 2.77. The molecule has 6 aromatic rings. The minimum absolute atomic E-state index is 0.0126. The van der Waals surface area contributed by atoms with Gasteiger partial charge in [0.05, 0.1) is 17.1 Å². The van der Waals surface area contributed by atoms with Gasteiger partial charge in [0, 0.05) is 0 Å². The van der Waals surface area contributed by atoms with Gasteiger partial charge in [-0.25, -0.2) is 9.36 Å². The van der Waals surface area contributed by atoms with E-state index in [0.29, 0.717) is 0 Å². The van der Waals surface area contributed by atoms with E-state index in [9.17, 15) is 0 Å². The van der Waals surface area contributed by atoms with Gasteiger partial charge in [0.1, 0.15) is 22.1 Å². The summed E-state index contributed by atoms with van der Waals surface area (Å²) in [6.45, 7) is 4.11. The van der Waals surface area contributed by atoms with Crippen LogP contribution >= 0.6 is 0 Å². The van der Waals surface area contributed by atoms with Gasteiger partial charge in [0.25, 0.3) is 0 Å². The molecule has 3 aromatic carbocycles. The van der Waals surface area contributed by atoms with Crippen molar-refractivity contribution in [2.75, 3.05) is 0 Å². The number of fused-ring (bicyclic) bond motifs is 3. The first-order chi connectivity index (χ1) is 15.2. The van der Waals surface area contributed by atoms with Gasteiger partial charge in [0.15, 0.2) is 6.17 Å². The molecule has 0 aliphatic heterocycles. The maximum Gasteiger partial charge on any atom is 0.162 e. The Hall–Kier alpha value is -4.14. The summed E-state index contributed by atoms with van der Waals surface area (Å²) in [5, 5.41) is 26.6. The van der Waals surface area contributed by atoms with Gasteiger partial charge >= 0.3 is 0 Å². The summed E-state index contributed by atoms with van der Waals surface area (Å²) in [4.78, 5) is 1.69. The minimum atomic E-state index is -0.208. The fourth-order valence-electron chi connectivity index (χ4n) is 3.95. The fourth-order valence-corrected chi connectivity index (χ4v) is 3.95.